The van der Waals surface area contributed by atoms with E-state index in [4.69, 9.17) is 0 Å². The van der Waals surface area contributed by atoms with Crippen molar-refractivity contribution >= 4 is 17.8 Å². The van der Waals surface area contributed by atoms with Crippen LogP contribution in [-0.2, 0) is 9.59 Å². The Hall–Kier alpha value is -1.79. The van der Waals surface area contributed by atoms with Crippen molar-refractivity contribution in [2.75, 3.05) is 46.8 Å². The van der Waals surface area contributed by atoms with Crippen LogP contribution in [0.15, 0.2) is 4.99 Å². The van der Waals surface area contributed by atoms with Crippen molar-refractivity contribution in [3.05, 3.63) is 0 Å². The van der Waals surface area contributed by atoms with Crippen LogP contribution in [-0.4, -0.2) is 74.4 Å². The number of carbonyl (C=O) groups excluding carboxylic acids is 2. The van der Waals surface area contributed by atoms with Crippen molar-refractivity contribution in [2.45, 2.75) is 32.6 Å². The highest BCUT2D eigenvalue weighted by molar-refractivity contribution is 5.82. The number of piperidine rings is 1. The van der Waals surface area contributed by atoms with Gasteiger partial charge in [-0.3, -0.25) is 14.6 Å². The van der Waals surface area contributed by atoms with E-state index in [2.05, 4.69) is 20.5 Å². The Kier molecular flexibility index (Phi) is 5.85. The largest absolute Gasteiger partial charge is 0.357 e. The fourth-order valence-electron chi connectivity index (χ4n) is 3.34. The first-order valence-electron chi connectivity index (χ1n) is 8.46. The molecule has 7 nitrogen and oxygen atoms in total. The van der Waals surface area contributed by atoms with Gasteiger partial charge in [-0.05, 0) is 19.8 Å². The second-order valence-electron chi connectivity index (χ2n) is 6.75. The molecule has 0 saturated carbocycles. The summed E-state index contributed by atoms with van der Waals surface area (Å²) in [6.45, 7) is 5.88. The fourth-order valence-corrected chi connectivity index (χ4v) is 3.34. The third-order valence-electron chi connectivity index (χ3n) is 4.58. The van der Waals surface area contributed by atoms with Crippen LogP contribution in [0, 0.1) is 5.41 Å². The summed E-state index contributed by atoms with van der Waals surface area (Å²) < 4.78 is 0. The number of carbonyl (C=O) groups is 2. The molecule has 2 saturated heterocycles. The van der Waals surface area contributed by atoms with Crippen LogP contribution in [0.4, 0.5) is 0 Å². The zero-order valence-electron chi connectivity index (χ0n) is 14.5. The summed E-state index contributed by atoms with van der Waals surface area (Å²) in [5, 5.41) is 6.28. The molecule has 2 heterocycles. The van der Waals surface area contributed by atoms with Gasteiger partial charge in [-0.25, -0.2) is 0 Å². The molecule has 23 heavy (non-hydrogen) atoms. The number of amides is 2. The third-order valence-corrected chi connectivity index (χ3v) is 4.58. The smallest absolute Gasteiger partial charge is 0.223 e. The topological polar surface area (TPSA) is 77.0 Å². The zero-order chi connectivity index (χ0) is 16.9. The van der Waals surface area contributed by atoms with Gasteiger partial charge in [0.2, 0.25) is 11.8 Å². The number of likely N-dealkylation sites (tertiary alicyclic amines) is 1. The van der Waals surface area contributed by atoms with E-state index in [0.717, 1.165) is 45.0 Å². The number of nitrogens with one attached hydrogen (secondary N) is 2. The van der Waals surface area contributed by atoms with Crippen LogP contribution in [0.25, 0.3) is 0 Å². The minimum atomic E-state index is 0.0466. The Bertz CT molecular complexity index is 477. The Morgan fingerprint density at radius 2 is 2.26 bits per heavy atom. The van der Waals surface area contributed by atoms with E-state index in [0.29, 0.717) is 19.4 Å². The normalized spacial score (nSPS) is 24.7. The second kappa shape index (κ2) is 7.66. The maximum Gasteiger partial charge on any atom is 0.223 e. The minimum absolute atomic E-state index is 0.0466. The first-order valence-corrected chi connectivity index (χ1v) is 8.46. The van der Waals surface area contributed by atoms with Crippen LogP contribution in [0.5, 0.6) is 0 Å². The van der Waals surface area contributed by atoms with E-state index < -0.39 is 0 Å². The molecule has 0 bridgehead atoms. The molecule has 1 atom stereocenters. The van der Waals surface area contributed by atoms with Crippen molar-refractivity contribution < 1.29 is 9.59 Å². The van der Waals surface area contributed by atoms with Crippen LogP contribution in [0.1, 0.15) is 32.6 Å². The van der Waals surface area contributed by atoms with Crippen molar-refractivity contribution in [1.82, 2.24) is 20.4 Å². The number of hydrogen-bond donors (Lipinski definition) is 2. The highest BCUT2D eigenvalue weighted by Gasteiger charge is 2.42. The number of nitrogens with zero attached hydrogens (tertiary/aromatic N) is 3. The Morgan fingerprint density at radius 1 is 1.48 bits per heavy atom. The summed E-state index contributed by atoms with van der Waals surface area (Å²) in [4.78, 5) is 31.7. The maximum absolute atomic E-state index is 11.7. The van der Waals surface area contributed by atoms with Gasteiger partial charge < -0.3 is 20.4 Å². The van der Waals surface area contributed by atoms with Crippen LogP contribution < -0.4 is 10.6 Å². The number of guanidine groups is 1. The van der Waals surface area contributed by atoms with E-state index in [1.807, 2.05) is 6.92 Å². The van der Waals surface area contributed by atoms with Crippen molar-refractivity contribution in [3.63, 3.8) is 0 Å². The summed E-state index contributed by atoms with van der Waals surface area (Å²) in [6, 6.07) is 0. The van der Waals surface area contributed by atoms with Gasteiger partial charge in [0.05, 0.1) is 6.54 Å². The molecule has 1 unspecified atom stereocenters. The highest BCUT2D eigenvalue weighted by atomic mass is 16.2. The average molecular weight is 323 g/mol. The van der Waals surface area contributed by atoms with E-state index in [-0.39, 0.29) is 17.2 Å². The lowest BCUT2D eigenvalue weighted by atomic mass is 9.79. The Labute approximate surface area is 138 Å². The van der Waals surface area contributed by atoms with Crippen LogP contribution in [0.2, 0.25) is 0 Å². The standard InChI is InChI=1S/C16H29N5O2/c1-4-17-15(18-8-6-14(23)20(2)3)21-9-5-7-16(12-21)10-13(22)19-11-16/h4-12H2,1-3H3,(H,17,18)(H,19,22). The lowest BCUT2D eigenvalue weighted by Crippen LogP contribution is -2.51. The monoisotopic (exact) mass is 323 g/mol. The second-order valence-corrected chi connectivity index (χ2v) is 6.75. The van der Waals surface area contributed by atoms with Gasteiger partial charge in [0.15, 0.2) is 5.96 Å². The molecule has 2 rings (SSSR count). The van der Waals surface area contributed by atoms with Gasteiger partial charge in [0.1, 0.15) is 0 Å². The molecule has 2 fully saturated rings. The molecule has 2 aliphatic rings. The lowest BCUT2D eigenvalue weighted by Gasteiger charge is -2.40. The molecule has 2 amide bonds. The molecular formula is C16H29N5O2. The van der Waals surface area contributed by atoms with Crippen LogP contribution in [0.3, 0.4) is 0 Å². The zero-order valence-corrected chi connectivity index (χ0v) is 14.5. The predicted octanol–water partition coefficient (Wildman–Crippen LogP) is 0.0323. The summed E-state index contributed by atoms with van der Waals surface area (Å²) in [5.41, 5.74) is 0.0466. The molecule has 2 aliphatic heterocycles. The molecule has 0 aromatic heterocycles. The molecule has 0 aromatic carbocycles. The number of aliphatic imine (C=N–C) groups is 1. The van der Waals surface area contributed by atoms with Gasteiger partial charge in [-0.15, -0.1) is 0 Å². The first-order chi connectivity index (χ1) is 11.0. The Balaban J connectivity index is 1.99. The van der Waals surface area contributed by atoms with Crippen molar-refractivity contribution in [3.8, 4) is 0 Å². The van der Waals surface area contributed by atoms with Gasteiger partial charge in [-0.1, -0.05) is 0 Å². The predicted molar refractivity (Wildman–Crippen MR) is 90.2 cm³/mol. The molecule has 7 heteroatoms. The summed E-state index contributed by atoms with van der Waals surface area (Å²) in [5.74, 6) is 1.10. The van der Waals surface area contributed by atoms with Gasteiger partial charge in [0, 0.05) is 58.5 Å². The maximum atomic E-state index is 11.7. The van der Waals surface area contributed by atoms with E-state index in [1.54, 1.807) is 19.0 Å². The molecule has 2 N–H and O–H groups in total. The van der Waals surface area contributed by atoms with Gasteiger partial charge >= 0.3 is 0 Å². The van der Waals surface area contributed by atoms with Gasteiger partial charge in [-0.2, -0.15) is 0 Å². The Morgan fingerprint density at radius 3 is 2.87 bits per heavy atom. The highest BCUT2D eigenvalue weighted by Crippen LogP contribution is 2.35. The molecule has 0 aromatic rings. The van der Waals surface area contributed by atoms with E-state index >= 15 is 0 Å². The fraction of sp³-hybridized carbons (Fsp3) is 0.812. The van der Waals surface area contributed by atoms with Crippen molar-refractivity contribution in [2.24, 2.45) is 10.4 Å². The average Bonchev–Trinajstić information content (AvgIpc) is 2.86. The first kappa shape index (κ1) is 17.6. The van der Waals surface area contributed by atoms with E-state index in [9.17, 15) is 9.59 Å². The SMILES string of the molecule is CCNC(=NCCC(=O)N(C)C)N1CCCC2(CNC(=O)C2)C1. The van der Waals surface area contributed by atoms with Crippen molar-refractivity contribution in [1.29, 1.82) is 0 Å². The lowest BCUT2D eigenvalue weighted by molar-refractivity contribution is -0.128. The summed E-state index contributed by atoms with van der Waals surface area (Å²) >= 11 is 0. The third kappa shape index (κ3) is 4.59. The minimum Gasteiger partial charge on any atom is -0.357 e. The quantitative estimate of drug-likeness (QED) is 0.565. The molecule has 0 radical (unpaired) electrons. The molecule has 1 spiro atoms. The summed E-state index contributed by atoms with van der Waals surface area (Å²) in [6.07, 6.45) is 3.18. The van der Waals surface area contributed by atoms with E-state index in [1.165, 1.54) is 0 Å². The summed E-state index contributed by atoms with van der Waals surface area (Å²) in [7, 11) is 3.52. The number of rotatable bonds is 4. The van der Waals surface area contributed by atoms with Crippen LogP contribution >= 0.6 is 0 Å². The molecular weight excluding hydrogens is 294 g/mol. The number of hydrogen-bond acceptors (Lipinski definition) is 3. The molecule has 130 valence electrons. The van der Waals surface area contributed by atoms with Gasteiger partial charge in [0.25, 0.3) is 0 Å². The molecule has 0 aliphatic carbocycles.